The van der Waals surface area contributed by atoms with E-state index in [2.05, 4.69) is 125 Å². The SMILES string of the molecule is CN1C=CN(c2cccc(Oc3cccc(-c4cc(-c5cc(Oc6ccccc6)cc(N(c6ccccc6)c6ccccc6)c5)ccn4)c3)c2)C1. The maximum Gasteiger partial charge on any atom is 0.130 e. The van der Waals surface area contributed by atoms with Crippen LogP contribution >= 0.6 is 0 Å². The van der Waals surface area contributed by atoms with Gasteiger partial charge in [-0.2, -0.15) is 0 Å². The maximum absolute atomic E-state index is 6.47. The minimum absolute atomic E-state index is 0.734. The molecular formula is C45H36N4O2. The molecule has 0 aliphatic carbocycles. The van der Waals surface area contributed by atoms with Gasteiger partial charge in [0, 0.05) is 60.4 Å². The fourth-order valence-corrected chi connectivity index (χ4v) is 6.21. The van der Waals surface area contributed by atoms with Gasteiger partial charge < -0.3 is 24.2 Å². The third-order valence-corrected chi connectivity index (χ3v) is 8.64. The molecule has 6 nitrogen and oxygen atoms in total. The molecule has 1 aliphatic rings. The maximum atomic E-state index is 6.47. The molecule has 1 aliphatic heterocycles. The number of hydrogen-bond donors (Lipinski definition) is 0. The van der Waals surface area contributed by atoms with E-state index in [4.69, 9.17) is 14.5 Å². The van der Waals surface area contributed by atoms with Crippen molar-refractivity contribution in [2.24, 2.45) is 0 Å². The molecule has 0 saturated carbocycles. The summed E-state index contributed by atoms with van der Waals surface area (Å²) in [6, 6.07) is 57.5. The highest BCUT2D eigenvalue weighted by atomic mass is 16.5. The van der Waals surface area contributed by atoms with Gasteiger partial charge in [-0.15, -0.1) is 0 Å². The van der Waals surface area contributed by atoms with Crippen LogP contribution in [0.1, 0.15) is 0 Å². The molecular weight excluding hydrogens is 629 g/mol. The van der Waals surface area contributed by atoms with Gasteiger partial charge in [0.2, 0.25) is 0 Å². The van der Waals surface area contributed by atoms with Gasteiger partial charge in [0.15, 0.2) is 0 Å². The lowest BCUT2D eigenvalue weighted by Crippen LogP contribution is -2.21. The lowest BCUT2D eigenvalue weighted by atomic mass is 10.0. The van der Waals surface area contributed by atoms with Crippen molar-refractivity contribution < 1.29 is 9.47 Å². The summed E-state index contributed by atoms with van der Waals surface area (Å²) in [6.45, 7) is 0.806. The van der Waals surface area contributed by atoms with Crippen LogP contribution in [0.25, 0.3) is 22.4 Å². The normalized spacial score (nSPS) is 12.2. The monoisotopic (exact) mass is 664 g/mol. The number of aromatic nitrogens is 1. The summed E-state index contributed by atoms with van der Waals surface area (Å²) >= 11 is 0. The van der Waals surface area contributed by atoms with Crippen molar-refractivity contribution in [1.29, 1.82) is 0 Å². The zero-order valence-electron chi connectivity index (χ0n) is 28.2. The fourth-order valence-electron chi connectivity index (χ4n) is 6.21. The van der Waals surface area contributed by atoms with Crippen molar-refractivity contribution in [3.63, 3.8) is 0 Å². The molecule has 0 unspecified atom stereocenters. The number of ether oxygens (including phenoxy) is 2. The average Bonchev–Trinajstić information content (AvgIpc) is 3.63. The summed E-state index contributed by atoms with van der Waals surface area (Å²) in [5.74, 6) is 3.03. The zero-order valence-corrected chi connectivity index (χ0v) is 28.2. The van der Waals surface area contributed by atoms with E-state index in [0.29, 0.717) is 0 Å². The topological polar surface area (TPSA) is 41.1 Å². The smallest absolute Gasteiger partial charge is 0.130 e. The molecule has 1 aromatic heterocycles. The minimum atomic E-state index is 0.734. The highest BCUT2D eigenvalue weighted by Gasteiger charge is 2.17. The largest absolute Gasteiger partial charge is 0.457 e. The number of pyridine rings is 1. The van der Waals surface area contributed by atoms with E-state index in [1.54, 1.807) is 0 Å². The molecule has 0 fully saturated rings. The van der Waals surface area contributed by atoms with E-state index < -0.39 is 0 Å². The molecule has 0 spiro atoms. The molecule has 0 saturated heterocycles. The van der Waals surface area contributed by atoms with Crippen molar-refractivity contribution in [3.8, 4) is 45.4 Å². The van der Waals surface area contributed by atoms with Crippen LogP contribution in [0.4, 0.5) is 22.7 Å². The second-order valence-electron chi connectivity index (χ2n) is 12.4. The van der Waals surface area contributed by atoms with Crippen molar-refractivity contribution in [3.05, 3.63) is 188 Å². The summed E-state index contributed by atoms with van der Waals surface area (Å²) in [5.41, 5.74) is 7.98. The Morgan fingerprint density at radius 2 is 1.12 bits per heavy atom. The minimum Gasteiger partial charge on any atom is -0.457 e. The Hall–Kier alpha value is -6.79. The predicted molar refractivity (Wildman–Crippen MR) is 207 cm³/mol. The first-order valence-electron chi connectivity index (χ1n) is 16.9. The van der Waals surface area contributed by atoms with E-state index >= 15 is 0 Å². The second-order valence-corrected chi connectivity index (χ2v) is 12.4. The van der Waals surface area contributed by atoms with E-state index in [-0.39, 0.29) is 0 Å². The van der Waals surface area contributed by atoms with Gasteiger partial charge in [-0.1, -0.05) is 72.8 Å². The standard InChI is InChI=1S/C45H36N4O2/c1-47-25-26-48(33-47)39-18-12-22-43(31-39)51-42-21-11-13-35(28-42)45-30-34(23-24-46-45)36-27-40(32-44(29-36)50-41-19-9-4-10-20-41)49(37-14-5-2-6-15-37)38-16-7-3-8-17-38/h2-32H,33H2,1H3. The predicted octanol–water partition coefficient (Wildman–Crippen LogP) is 11.7. The highest BCUT2D eigenvalue weighted by molar-refractivity contribution is 5.82. The van der Waals surface area contributed by atoms with Crippen LogP contribution in [-0.2, 0) is 0 Å². The average molecular weight is 665 g/mol. The number of hydrogen-bond acceptors (Lipinski definition) is 6. The molecule has 0 amide bonds. The van der Waals surface area contributed by atoms with Gasteiger partial charge in [-0.3, -0.25) is 4.98 Å². The summed E-state index contributed by atoms with van der Waals surface area (Å²) in [5, 5.41) is 0. The lowest BCUT2D eigenvalue weighted by molar-refractivity contribution is 0.481. The summed E-state index contributed by atoms with van der Waals surface area (Å²) < 4.78 is 12.8. The van der Waals surface area contributed by atoms with Gasteiger partial charge in [0.05, 0.1) is 18.1 Å². The lowest BCUT2D eigenvalue weighted by Gasteiger charge is -2.26. The number of anilines is 4. The van der Waals surface area contributed by atoms with E-state index in [1.807, 2.05) is 85.1 Å². The van der Waals surface area contributed by atoms with Crippen molar-refractivity contribution in [2.75, 3.05) is 23.5 Å². The summed E-state index contributed by atoms with van der Waals surface area (Å²) in [7, 11) is 2.06. The van der Waals surface area contributed by atoms with Crippen LogP contribution in [0.3, 0.4) is 0 Å². The van der Waals surface area contributed by atoms with Crippen LogP contribution in [0.15, 0.2) is 188 Å². The number of para-hydroxylation sites is 3. The quantitative estimate of drug-likeness (QED) is 0.145. The third kappa shape index (κ3) is 7.31. The Morgan fingerprint density at radius 3 is 1.82 bits per heavy atom. The van der Waals surface area contributed by atoms with Crippen LogP contribution in [0.5, 0.6) is 23.0 Å². The summed E-state index contributed by atoms with van der Waals surface area (Å²) in [6.07, 6.45) is 6.00. The molecule has 248 valence electrons. The Balaban J connectivity index is 1.15. The van der Waals surface area contributed by atoms with Crippen LogP contribution in [-0.4, -0.2) is 23.6 Å². The van der Waals surface area contributed by atoms with E-state index in [1.165, 1.54) is 0 Å². The van der Waals surface area contributed by atoms with Crippen LogP contribution < -0.4 is 19.3 Å². The van der Waals surface area contributed by atoms with E-state index in [9.17, 15) is 0 Å². The number of nitrogens with zero attached hydrogens (tertiary/aromatic N) is 4. The van der Waals surface area contributed by atoms with Crippen molar-refractivity contribution in [1.82, 2.24) is 9.88 Å². The Kier molecular flexibility index (Phi) is 8.87. The van der Waals surface area contributed by atoms with Crippen molar-refractivity contribution >= 4 is 22.7 Å². The van der Waals surface area contributed by atoms with Gasteiger partial charge in [-0.05, 0) is 96.1 Å². The molecule has 2 heterocycles. The first-order chi connectivity index (χ1) is 25.1. The molecule has 51 heavy (non-hydrogen) atoms. The molecule has 0 bridgehead atoms. The molecule has 0 radical (unpaired) electrons. The summed E-state index contributed by atoms with van der Waals surface area (Å²) in [4.78, 5) is 11.3. The zero-order chi connectivity index (χ0) is 34.4. The Bertz CT molecular complexity index is 2240. The molecule has 8 rings (SSSR count). The van der Waals surface area contributed by atoms with E-state index in [0.717, 1.165) is 74.8 Å². The second kappa shape index (κ2) is 14.4. The van der Waals surface area contributed by atoms with Gasteiger partial charge in [0.1, 0.15) is 23.0 Å². The molecule has 6 heteroatoms. The van der Waals surface area contributed by atoms with Gasteiger partial charge in [0.25, 0.3) is 0 Å². The number of benzene rings is 6. The molecule has 0 N–H and O–H groups in total. The first-order valence-corrected chi connectivity index (χ1v) is 16.9. The fraction of sp³-hybridized carbons (Fsp3) is 0.0444. The Labute approximate surface area is 298 Å². The molecule has 6 aromatic carbocycles. The first kappa shape index (κ1) is 31.5. The number of rotatable bonds is 10. The third-order valence-electron chi connectivity index (χ3n) is 8.64. The van der Waals surface area contributed by atoms with Crippen LogP contribution in [0.2, 0.25) is 0 Å². The highest BCUT2D eigenvalue weighted by Crippen LogP contribution is 2.40. The molecule has 0 atom stereocenters. The van der Waals surface area contributed by atoms with Gasteiger partial charge in [-0.25, -0.2) is 0 Å². The van der Waals surface area contributed by atoms with Crippen LogP contribution in [0, 0.1) is 0 Å². The van der Waals surface area contributed by atoms with Crippen molar-refractivity contribution in [2.45, 2.75) is 0 Å². The molecule has 7 aromatic rings. The van der Waals surface area contributed by atoms with Gasteiger partial charge >= 0.3 is 0 Å². The Morgan fingerprint density at radius 1 is 0.490 bits per heavy atom.